The van der Waals surface area contributed by atoms with Crippen molar-refractivity contribution < 1.29 is 9.18 Å². The molecular formula is C12H15FN2OS. The van der Waals surface area contributed by atoms with Gasteiger partial charge in [0.1, 0.15) is 5.82 Å². The number of rotatable bonds is 3. The molecule has 0 aromatic heterocycles. The number of hydrogen-bond donors (Lipinski definition) is 1. The Morgan fingerprint density at radius 1 is 1.59 bits per heavy atom. The van der Waals surface area contributed by atoms with Crippen LogP contribution in [0, 0.1) is 5.82 Å². The van der Waals surface area contributed by atoms with Crippen LogP contribution in [0.4, 0.5) is 4.39 Å². The van der Waals surface area contributed by atoms with Gasteiger partial charge in [0.25, 0.3) is 0 Å². The van der Waals surface area contributed by atoms with E-state index in [2.05, 4.69) is 5.32 Å². The van der Waals surface area contributed by atoms with Gasteiger partial charge in [-0.15, -0.1) is 11.8 Å². The maximum atomic E-state index is 13.4. The fourth-order valence-electron chi connectivity index (χ4n) is 1.78. The van der Waals surface area contributed by atoms with E-state index >= 15 is 0 Å². The lowest BCUT2D eigenvalue weighted by atomic mass is 10.2. The zero-order chi connectivity index (χ0) is 12.3. The van der Waals surface area contributed by atoms with Crippen molar-refractivity contribution in [3.05, 3.63) is 35.6 Å². The van der Waals surface area contributed by atoms with Crippen molar-refractivity contribution in [2.24, 2.45) is 0 Å². The lowest BCUT2D eigenvalue weighted by molar-refractivity contribution is -0.131. The summed E-state index contributed by atoms with van der Waals surface area (Å²) < 4.78 is 13.4. The molecule has 0 aliphatic carbocycles. The Kier molecular flexibility index (Phi) is 4.02. The molecule has 1 atom stereocenters. The summed E-state index contributed by atoms with van der Waals surface area (Å²) in [5, 5.41) is 3.12. The fourth-order valence-corrected chi connectivity index (χ4v) is 2.71. The Bertz CT molecular complexity index is 407. The molecule has 1 aromatic carbocycles. The molecule has 1 aliphatic rings. The van der Waals surface area contributed by atoms with Crippen LogP contribution in [0.3, 0.4) is 0 Å². The van der Waals surface area contributed by atoms with E-state index in [1.54, 1.807) is 41.9 Å². The summed E-state index contributed by atoms with van der Waals surface area (Å²) in [5.41, 5.74) is 0.550. The van der Waals surface area contributed by atoms with Gasteiger partial charge < -0.3 is 4.90 Å². The number of thioether (sulfide) groups is 1. The van der Waals surface area contributed by atoms with Gasteiger partial charge in [0.15, 0.2) is 0 Å². The zero-order valence-electron chi connectivity index (χ0n) is 9.65. The molecule has 3 nitrogen and oxygen atoms in total. The Morgan fingerprint density at radius 3 is 3.00 bits per heavy atom. The summed E-state index contributed by atoms with van der Waals surface area (Å²) in [6.45, 7) is 0.314. The second-order valence-electron chi connectivity index (χ2n) is 4.06. The van der Waals surface area contributed by atoms with Crippen molar-refractivity contribution in [3.8, 4) is 0 Å². The van der Waals surface area contributed by atoms with Gasteiger partial charge >= 0.3 is 0 Å². The number of nitrogens with zero attached hydrogens (tertiary/aromatic N) is 1. The Hall–Kier alpha value is -1.07. The normalized spacial score (nSPS) is 19.3. The van der Waals surface area contributed by atoms with Crippen LogP contribution in [0.15, 0.2) is 24.3 Å². The largest absolute Gasteiger partial charge is 0.340 e. The van der Waals surface area contributed by atoms with Crippen LogP contribution in [-0.2, 0) is 11.3 Å². The SMILES string of the molecule is CN(Cc1ccccc1F)C(=O)C1CSCN1. The number of likely N-dealkylation sites (N-methyl/N-ethyl adjacent to an activating group) is 1. The lowest BCUT2D eigenvalue weighted by Crippen LogP contribution is -2.42. The van der Waals surface area contributed by atoms with Crippen LogP contribution in [0.2, 0.25) is 0 Å². The average Bonchev–Trinajstić information content (AvgIpc) is 2.84. The number of carbonyl (C=O) groups excluding carboxylic acids is 1. The van der Waals surface area contributed by atoms with Crippen molar-refractivity contribution >= 4 is 17.7 Å². The van der Waals surface area contributed by atoms with Gasteiger partial charge in [0, 0.05) is 30.8 Å². The standard InChI is InChI=1S/C12H15FN2OS/c1-15(12(16)11-7-17-8-14-11)6-9-4-2-3-5-10(9)13/h2-5,11,14H,6-8H2,1H3. The maximum absolute atomic E-state index is 13.4. The Balaban J connectivity index is 1.99. The molecule has 1 amide bonds. The first-order valence-corrected chi connectivity index (χ1v) is 6.63. The summed E-state index contributed by atoms with van der Waals surface area (Å²) in [4.78, 5) is 13.6. The van der Waals surface area contributed by atoms with E-state index in [0.717, 1.165) is 11.6 Å². The topological polar surface area (TPSA) is 32.3 Å². The Morgan fingerprint density at radius 2 is 2.35 bits per heavy atom. The molecule has 92 valence electrons. The predicted octanol–water partition coefficient (Wildman–Crippen LogP) is 1.45. The highest BCUT2D eigenvalue weighted by Gasteiger charge is 2.25. The third-order valence-corrected chi connectivity index (χ3v) is 3.70. The number of nitrogens with one attached hydrogen (secondary N) is 1. The number of amides is 1. The third kappa shape index (κ3) is 2.98. The number of halogens is 1. The zero-order valence-corrected chi connectivity index (χ0v) is 10.5. The van der Waals surface area contributed by atoms with Crippen LogP contribution in [0.1, 0.15) is 5.56 Å². The molecule has 1 saturated heterocycles. The van der Waals surface area contributed by atoms with Crippen LogP contribution < -0.4 is 5.32 Å². The van der Waals surface area contributed by atoms with Gasteiger partial charge in [0.2, 0.25) is 5.91 Å². The second-order valence-corrected chi connectivity index (χ2v) is 5.09. The van der Waals surface area contributed by atoms with Gasteiger partial charge in [-0.2, -0.15) is 0 Å². The summed E-state index contributed by atoms with van der Waals surface area (Å²) in [6, 6.07) is 6.42. The summed E-state index contributed by atoms with van der Waals surface area (Å²) >= 11 is 1.70. The minimum Gasteiger partial charge on any atom is -0.340 e. The minimum atomic E-state index is -0.263. The molecule has 0 radical (unpaired) electrons. The molecule has 2 rings (SSSR count). The first kappa shape index (κ1) is 12.4. The van der Waals surface area contributed by atoms with Gasteiger partial charge in [-0.25, -0.2) is 4.39 Å². The van der Waals surface area contributed by atoms with Gasteiger partial charge in [-0.05, 0) is 6.07 Å². The van der Waals surface area contributed by atoms with E-state index in [9.17, 15) is 9.18 Å². The van der Waals surface area contributed by atoms with E-state index in [0.29, 0.717) is 12.1 Å². The average molecular weight is 254 g/mol. The molecule has 0 saturated carbocycles. The van der Waals surface area contributed by atoms with E-state index in [-0.39, 0.29) is 17.8 Å². The molecular weight excluding hydrogens is 239 g/mol. The molecule has 0 spiro atoms. The molecule has 0 bridgehead atoms. The van der Waals surface area contributed by atoms with E-state index in [1.165, 1.54) is 6.07 Å². The van der Waals surface area contributed by atoms with Crippen LogP contribution in [0.25, 0.3) is 0 Å². The van der Waals surface area contributed by atoms with E-state index in [1.807, 2.05) is 0 Å². The van der Waals surface area contributed by atoms with Crippen LogP contribution in [-0.4, -0.2) is 35.5 Å². The first-order chi connectivity index (χ1) is 8.18. The molecule has 1 unspecified atom stereocenters. The quantitative estimate of drug-likeness (QED) is 0.886. The Labute approximate surface area is 104 Å². The molecule has 1 aliphatic heterocycles. The van der Waals surface area contributed by atoms with E-state index < -0.39 is 0 Å². The highest BCUT2D eigenvalue weighted by molar-refractivity contribution is 7.99. The maximum Gasteiger partial charge on any atom is 0.240 e. The number of hydrogen-bond acceptors (Lipinski definition) is 3. The summed E-state index contributed by atoms with van der Waals surface area (Å²) in [7, 11) is 1.71. The number of carbonyl (C=O) groups is 1. The van der Waals surface area contributed by atoms with Crippen molar-refractivity contribution in [2.45, 2.75) is 12.6 Å². The smallest absolute Gasteiger partial charge is 0.240 e. The van der Waals surface area contributed by atoms with Crippen LogP contribution >= 0.6 is 11.8 Å². The monoisotopic (exact) mass is 254 g/mol. The van der Waals surface area contributed by atoms with Gasteiger partial charge in [-0.1, -0.05) is 18.2 Å². The summed E-state index contributed by atoms with van der Waals surface area (Å²) in [5.74, 6) is 1.36. The van der Waals surface area contributed by atoms with E-state index in [4.69, 9.17) is 0 Å². The fraction of sp³-hybridized carbons (Fsp3) is 0.417. The highest BCUT2D eigenvalue weighted by Crippen LogP contribution is 2.14. The van der Waals surface area contributed by atoms with Crippen LogP contribution in [0.5, 0.6) is 0 Å². The number of benzene rings is 1. The second kappa shape index (κ2) is 5.51. The minimum absolute atomic E-state index is 0.0262. The first-order valence-electron chi connectivity index (χ1n) is 5.48. The third-order valence-electron chi connectivity index (χ3n) is 2.76. The van der Waals surface area contributed by atoms with Crippen molar-refractivity contribution in [1.82, 2.24) is 10.2 Å². The lowest BCUT2D eigenvalue weighted by Gasteiger charge is -2.21. The summed E-state index contributed by atoms with van der Waals surface area (Å²) in [6.07, 6.45) is 0. The molecule has 1 heterocycles. The predicted molar refractivity (Wildman–Crippen MR) is 67.1 cm³/mol. The van der Waals surface area contributed by atoms with Crippen molar-refractivity contribution in [3.63, 3.8) is 0 Å². The van der Waals surface area contributed by atoms with Crippen molar-refractivity contribution in [2.75, 3.05) is 18.7 Å². The van der Waals surface area contributed by atoms with Crippen molar-refractivity contribution in [1.29, 1.82) is 0 Å². The van der Waals surface area contributed by atoms with Gasteiger partial charge in [-0.3, -0.25) is 10.1 Å². The highest BCUT2D eigenvalue weighted by atomic mass is 32.2. The molecule has 1 fully saturated rings. The molecule has 17 heavy (non-hydrogen) atoms. The molecule has 1 N–H and O–H groups in total. The van der Waals surface area contributed by atoms with Gasteiger partial charge in [0.05, 0.1) is 6.04 Å². The molecule has 1 aromatic rings. The molecule has 5 heteroatoms.